The van der Waals surface area contributed by atoms with Crippen LogP contribution in [0.15, 0.2) is 53.6 Å². The number of aryl methyl sites for hydroxylation is 1. The van der Waals surface area contributed by atoms with Gasteiger partial charge in [-0.15, -0.1) is 0 Å². The minimum atomic E-state index is -0.589. The Hall–Kier alpha value is -3.26. The zero-order valence-corrected chi connectivity index (χ0v) is 14.9. The third-order valence-electron chi connectivity index (χ3n) is 3.20. The Morgan fingerprint density at radius 3 is 2.42 bits per heavy atom. The summed E-state index contributed by atoms with van der Waals surface area (Å²) in [5.41, 5.74) is 10.5. The number of thiocarbonyl (C=S) groups is 1. The Morgan fingerprint density at radius 1 is 1.15 bits per heavy atom. The average molecular weight is 370 g/mol. The summed E-state index contributed by atoms with van der Waals surface area (Å²) in [5, 5.41) is 6.53. The maximum Gasteiger partial charge on any atom is 0.338 e. The molecule has 0 aliphatic heterocycles. The van der Waals surface area contributed by atoms with E-state index >= 15 is 0 Å². The van der Waals surface area contributed by atoms with Crippen LogP contribution in [0.25, 0.3) is 0 Å². The van der Waals surface area contributed by atoms with Crippen LogP contribution in [0, 0.1) is 6.92 Å². The van der Waals surface area contributed by atoms with Crippen LogP contribution in [0.5, 0.6) is 0 Å². The summed E-state index contributed by atoms with van der Waals surface area (Å²) < 4.78 is 5.01. The summed E-state index contributed by atoms with van der Waals surface area (Å²) in [7, 11) is 0. The van der Waals surface area contributed by atoms with Crippen molar-refractivity contribution in [1.82, 2.24) is 5.43 Å². The Morgan fingerprint density at radius 2 is 1.81 bits per heavy atom. The van der Waals surface area contributed by atoms with Crippen LogP contribution in [0.4, 0.5) is 5.69 Å². The van der Waals surface area contributed by atoms with Crippen LogP contribution >= 0.6 is 12.2 Å². The first kappa shape index (κ1) is 19.1. The monoisotopic (exact) mass is 370 g/mol. The highest BCUT2D eigenvalue weighted by Gasteiger charge is 2.10. The van der Waals surface area contributed by atoms with Crippen LogP contribution in [0.2, 0.25) is 0 Å². The third-order valence-corrected chi connectivity index (χ3v) is 3.30. The Labute approximate surface area is 156 Å². The molecule has 2 aromatic carbocycles. The molecule has 0 aromatic heterocycles. The van der Waals surface area contributed by atoms with E-state index < -0.39 is 11.9 Å². The van der Waals surface area contributed by atoms with Crippen LogP contribution in [0.1, 0.15) is 21.5 Å². The first-order valence-corrected chi connectivity index (χ1v) is 8.07. The summed E-state index contributed by atoms with van der Waals surface area (Å²) in [4.78, 5) is 23.8. The van der Waals surface area contributed by atoms with Crippen LogP contribution in [0.3, 0.4) is 0 Å². The number of nitrogens with two attached hydrogens (primary N) is 1. The summed E-state index contributed by atoms with van der Waals surface area (Å²) in [5.74, 6) is -0.997. The van der Waals surface area contributed by atoms with Crippen molar-refractivity contribution in [2.45, 2.75) is 6.92 Å². The molecule has 0 fully saturated rings. The van der Waals surface area contributed by atoms with Gasteiger partial charge in [-0.3, -0.25) is 10.2 Å². The number of hydrogen-bond acceptors (Lipinski definition) is 5. The SMILES string of the molecule is Cc1ccc(NC(=O)COC(=O)c2ccc(/C=N\NC(N)=S)cc2)cc1. The molecule has 0 saturated heterocycles. The van der Waals surface area contributed by atoms with E-state index in [1.807, 2.05) is 19.1 Å². The van der Waals surface area contributed by atoms with Gasteiger partial charge in [0.15, 0.2) is 11.7 Å². The Bertz CT molecular complexity index is 817. The summed E-state index contributed by atoms with van der Waals surface area (Å²) in [6.07, 6.45) is 1.50. The van der Waals surface area contributed by atoms with E-state index in [9.17, 15) is 9.59 Å². The molecular formula is C18H18N4O3S. The van der Waals surface area contributed by atoms with Crippen molar-refractivity contribution in [3.8, 4) is 0 Å². The molecule has 0 heterocycles. The van der Waals surface area contributed by atoms with Gasteiger partial charge in [0, 0.05) is 5.69 Å². The maximum atomic E-state index is 12.0. The summed E-state index contributed by atoms with van der Waals surface area (Å²) in [6.45, 7) is 1.59. The predicted molar refractivity (Wildman–Crippen MR) is 104 cm³/mol. The first-order chi connectivity index (χ1) is 12.4. The van der Waals surface area contributed by atoms with Crippen LogP contribution in [-0.4, -0.2) is 29.8 Å². The van der Waals surface area contributed by atoms with Gasteiger partial charge in [-0.05, 0) is 49.0 Å². The van der Waals surface area contributed by atoms with E-state index in [2.05, 4.69) is 28.1 Å². The number of esters is 1. The minimum Gasteiger partial charge on any atom is -0.452 e. The van der Waals surface area contributed by atoms with E-state index in [1.54, 1.807) is 36.4 Å². The van der Waals surface area contributed by atoms with Crippen molar-refractivity contribution < 1.29 is 14.3 Å². The van der Waals surface area contributed by atoms with Gasteiger partial charge in [0.2, 0.25) is 0 Å². The van der Waals surface area contributed by atoms with E-state index in [1.165, 1.54) is 6.21 Å². The number of hydrogen-bond donors (Lipinski definition) is 3. The number of carbonyl (C=O) groups is 2. The third kappa shape index (κ3) is 6.33. The number of ether oxygens (including phenoxy) is 1. The number of amides is 1. The maximum absolute atomic E-state index is 12.0. The lowest BCUT2D eigenvalue weighted by molar-refractivity contribution is -0.119. The Balaban J connectivity index is 1.83. The van der Waals surface area contributed by atoms with Crippen molar-refractivity contribution in [1.29, 1.82) is 0 Å². The number of benzene rings is 2. The van der Waals surface area contributed by atoms with Gasteiger partial charge in [0.05, 0.1) is 11.8 Å². The summed E-state index contributed by atoms with van der Waals surface area (Å²) in [6, 6.07) is 13.8. The second-order valence-electron chi connectivity index (χ2n) is 5.35. The fourth-order valence-electron chi connectivity index (χ4n) is 1.92. The van der Waals surface area contributed by atoms with Crippen LogP contribution < -0.4 is 16.5 Å². The number of nitrogens with zero attached hydrogens (tertiary/aromatic N) is 1. The molecule has 2 aromatic rings. The van der Waals surface area contributed by atoms with Crippen molar-refractivity contribution in [2.24, 2.45) is 10.8 Å². The van der Waals surface area contributed by atoms with E-state index in [0.29, 0.717) is 11.3 Å². The predicted octanol–water partition coefficient (Wildman–Crippen LogP) is 1.96. The first-order valence-electron chi connectivity index (χ1n) is 7.66. The lowest BCUT2D eigenvalue weighted by Gasteiger charge is -2.07. The molecule has 4 N–H and O–H groups in total. The molecule has 134 valence electrons. The highest BCUT2D eigenvalue weighted by molar-refractivity contribution is 7.80. The highest BCUT2D eigenvalue weighted by Crippen LogP contribution is 2.09. The van der Waals surface area contributed by atoms with E-state index in [-0.39, 0.29) is 11.7 Å². The highest BCUT2D eigenvalue weighted by atomic mass is 32.1. The topological polar surface area (TPSA) is 106 Å². The molecule has 0 aliphatic rings. The molecule has 26 heavy (non-hydrogen) atoms. The van der Waals surface area contributed by atoms with Gasteiger partial charge in [0.25, 0.3) is 5.91 Å². The molecule has 0 radical (unpaired) electrons. The number of rotatable bonds is 6. The lowest BCUT2D eigenvalue weighted by atomic mass is 10.1. The fraction of sp³-hybridized carbons (Fsp3) is 0.111. The van der Waals surface area contributed by atoms with Crippen molar-refractivity contribution in [3.63, 3.8) is 0 Å². The Kier molecular flexibility index (Phi) is 6.81. The molecule has 0 spiro atoms. The minimum absolute atomic E-state index is 0.0605. The molecule has 0 unspecified atom stereocenters. The summed E-state index contributed by atoms with van der Waals surface area (Å²) >= 11 is 4.62. The molecule has 0 aliphatic carbocycles. The van der Waals surface area contributed by atoms with Crippen LogP contribution in [-0.2, 0) is 9.53 Å². The lowest BCUT2D eigenvalue weighted by Crippen LogP contribution is -2.24. The molecule has 7 nitrogen and oxygen atoms in total. The van der Waals surface area contributed by atoms with Crippen molar-refractivity contribution >= 4 is 41.1 Å². The smallest absolute Gasteiger partial charge is 0.338 e. The van der Waals surface area contributed by atoms with Crippen molar-refractivity contribution in [3.05, 3.63) is 65.2 Å². The molecule has 0 saturated carbocycles. The number of carbonyl (C=O) groups excluding carboxylic acids is 2. The van der Waals surface area contributed by atoms with Gasteiger partial charge >= 0.3 is 5.97 Å². The molecule has 0 bridgehead atoms. The second-order valence-corrected chi connectivity index (χ2v) is 5.79. The second kappa shape index (κ2) is 9.28. The number of anilines is 1. The van der Waals surface area contributed by atoms with E-state index in [4.69, 9.17) is 10.5 Å². The van der Waals surface area contributed by atoms with Gasteiger partial charge in [-0.25, -0.2) is 4.79 Å². The van der Waals surface area contributed by atoms with Crippen molar-refractivity contribution in [2.75, 3.05) is 11.9 Å². The molecule has 8 heteroatoms. The van der Waals surface area contributed by atoms with Gasteiger partial charge in [0.1, 0.15) is 0 Å². The average Bonchev–Trinajstić information content (AvgIpc) is 2.62. The standard InChI is InChI=1S/C18H18N4O3S/c1-12-2-8-15(9-3-12)21-16(23)11-25-17(24)14-6-4-13(5-7-14)10-20-22-18(19)26/h2-10H,11H2,1H3,(H,21,23)(H3,19,22,26)/b20-10-. The zero-order chi connectivity index (χ0) is 18.9. The molecular weight excluding hydrogens is 352 g/mol. The zero-order valence-electron chi connectivity index (χ0n) is 14.1. The molecule has 2 rings (SSSR count). The molecule has 0 atom stereocenters. The quantitative estimate of drug-likeness (QED) is 0.311. The molecule has 1 amide bonds. The van der Waals surface area contributed by atoms with Gasteiger partial charge < -0.3 is 15.8 Å². The largest absolute Gasteiger partial charge is 0.452 e. The van der Waals surface area contributed by atoms with Gasteiger partial charge in [-0.1, -0.05) is 29.8 Å². The number of nitrogens with one attached hydrogen (secondary N) is 2. The fourth-order valence-corrected chi connectivity index (χ4v) is 1.98. The van der Waals surface area contributed by atoms with Gasteiger partial charge in [-0.2, -0.15) is 5.10 Å². The number of hydrazone groups is 1. The normalized spacial score (nSPS) is 10.3. The van der Waals surface area contributed by atoms with E-state index in [0.717, 1.165) is 11.1 Å².